The molecule has 0 aliphatic heterocycles. The van der Waals surface area contributed by atoms with Crippen LogP contribution in [0.5, 0.6) is 0 Å². The number of halogens is 2. The molecule has 0 aliphatic rings. The van der Waals surface area contributed by atoms with E-state index in [1.54, 1.807) is 18.2 Å². The van der Waals surface area contributed by atoms with E-state index >= 15 is 0 Å². The van der Waals surface area contributed by atoms with Gasteiger partial charge in [-0.1, -0.05) is 54.6 Å². The van der Waals surface area contributed by atoms with E-state index < -0.39 is 5.82 Å². The van der Waals surface area contributed by atoms with Crippen LogP contribution in [0.1, 0.15) is 5.56 Å². The molecule has 2 aromatic carbocycles. The Bertz CT molecular complexity index is 515. The molecule has 0 saturated carbocycles. The molecule has 0 N–H and O–H groups in total. The van der Waals surface area contributed by atoms with Gasteiger partial charge in [0.25, 0.3) is 0 Å². The zero-order valence-corrected chi connectivity index (χ0v) is 9.34. The van der Waals surface area contributed by atoms with Crippen molar-refractivity contribution < 1.29 is 4.39 Å². The fourth-order valence-electron chi connectivity index (χ4n) is 1.49. The van der Waals surface area contributed by atoms with Gasteiger partial charge in [0.1, 0.15) is 5.82 Å². The van der Waals surface area contributed by atoms with Gasteiger partial charge in [-0.2, -0.15) is 0 Å². The van der Waals surface area contributed by atoms with Crippen LogP contribution in [-0.2, 0) is 0 Å². The maximum absolute atomic E-state index is 13.3. The van der Waals surface area contributed by atoms with Crippen molar-refractivity contribution in [2.45, 2.75) is 0 Å². The van der Waals surface area contributed by atoms with Gasteiger partial charge in [-0.15, -0.1) is 0 Å². The van der Waals surface area contributed by atoms with Crippen molar-refractivity contribution in [3.63, 3.8) is 0 Å². The zero-order valence-electron chi connectivity index (χ0n) is 8.58. The third-order valence-corrected chi connectivity index (χ3v) is 2.71. The zero-order chi connectivity index (χ0) is 11.5. The first kappa shape index (κ1) is 10.9. The first-order chi connectivity index (χ1) is 7.70. The van der Waals surface area contributed by atoms with Crippen molar-refractivity contribution in [3.05, 3.63) is 65.4 Å². The SMILES string of the molecule is C=Cc1ccc(-c2ccc(Cl)c(F)c2)cc1. The molecule has 0 spiro atoms. The van der Waals surface area contributed by atoms with Crippen LogP contribution in [0.15, 0.2) is 49.0 Å². The highest BCUT2D eigenvalue weighted by atomic mass is 35.5. The van der Waals surface area contributed by atoms with Crippen molar-refractivity contribution in [2.75, 3.05) is 0 Å². The molecule has 0 aliphatic carbocycles. The van der Waals surface area contributed by atoms with Crippen molar-refractivity contribution in [3.8, 4) is 11.1 Å². The molecule has 2 aromatic rings. The second kappa shape index (κ2) is 4.50. The predicted octanol–water partition coefficient (Wildman–Crippen LogP) is 4.79. The van der Waals surface area contributed by atoms with Crippen molar-refractivity contribution in [1.29, 1.82) is 0 Å². The summed E-state index contributed by atoms with van der Waals surface area (Å²) < 4.78 is 13.3. The average Bonchev–Trinajstić information content (AvgIpc) is 2.33. The summed E-state index contributed by atoms with van der Waals surface area (Å²) in [7, 11) is 0. The summed E-state index contributed by atoms with van der Waals surface area (Å²) in [5, 5.41) is 0.145. The lowest BCUT2D eigenvalue weighted by Gasteiger charge is -2.03. The molecule has 80 valence electrons. The number of rotatable bonds is 2. The Kier molecular flexibility index (Phi) is 3.07. The van der Waals surface area contributed by atoms with Crippen LogP contribution in [0.3, 0.4) is 0 Å². The van der Waals surface area contributed by atoms with Gasteiger partial charge < -0.3 is 0 Å². The van der Waals surface area contributed by atoms with E-state index in [-0.39, 0.29) is 5.02 Å². The minimum absolute atomic E-state index is 0.145. The van der Waals surface area contributed by atoms with Gasteiger partial charge in [-0.05, 0) is 28.8 Å². The van der Waals surface area contributed by atoms with Gasteiger partial charge in [-0.3, -0.25) is 0 Å². The molecular formula is C14H10ClF. The van der Waals surface area contributed by atoms with E-state index in [4.69, 9.17) is 11.6 Å². The normalized spacial score (nSPS) is 10.1. The number of hydrogen-bond acceptors (Lipinski definition) is 0. The molecule has 0 radical (unpaired) electrons. The van der Waals surface area contributed by atoms with Crippen LogP contribution in [0.2, 0.25) is 5.02 Å². The van der Waals surface area contributed by atoms with Gasteiger partial charge in [0, 0.05) is 0 Å². The maximum Gasteiger partial charge on any atom is 0.142 e. The van der Waals surface area contributed by atoms with E-state index in [2.05, 4.69) is 6.58 Å². The van der Waals surface area contributed by atoms with Crippen LogP contribution in [-0.4, -0.2) is 0 Å². The van der Waals surface area contributed by atoms with Gasteiger partial charge in [-0.25, -0.2) is 4.39 Å². The molecule has 0 bridgehead atoms. The van der Waals surface area contributed by atoms with Crippen molar-refractivity contribution in [2.24, 2.45) is 0 Å². The highest BCUT2D eigenvalue weighted by Gasteiger charge is 2.02. The lowest BCUT2D eigenvalue weighted by molar-refractivity contribution is 0.629. The second-order valence-corrected chi connectivity index (χ2v) is 3.86. The average molecular weight is 233 g/mol. The fourth-order valence-corrected chi connectivity index (χ4v) is 1.60. The third kappa shape index (κ3) is 2.15. The minimum Gasteiger partial charge on any atom is -0.205 e. The third-order valence-electron chi connectivity index (χ3n) is 2.40. The van der Waals surface area contributed by atoms with Gasteiger partial charge >= 0.3 is 0 Å². The van der Waals surface area contributed by atoms with Crippen molar-refractivity contribution in [1.82, 2.24) is 0 Å². The first-order valence-electron chi connectivity index (χ1n) is 4.88. The lowest BCUT2D eigenvalue weighted by atomic mass is 10.0. The van der Waals surface area contributed by atoms with Crippen LogP contribution >= 0.6 is 11.6 Å². The quantitative estimate of drug-likeness (QED) is 0.699. The molecular weight excluding hydrogens is 223 g/mol. The summed E-state index contributed by atoms with van der Waals surface area (Å²) in [4.78, 5) is 0. The molecule has 2 heteroatoms. The summed E-state index contributed by atoms with van der Waals surface area (Å²) in [6.45, 7) is 3.68. The molecule has 0 saturated heterocycles. The Morgan fingerprint density at radius 3 is 2.19 bits per heavy atom. The summed E-state index contributed by atoms with van der Waals surface area (Å²) in [5.74, 6) is -0.396. The van der Waals surface area contributed by atoms with Gasteiger partial charge in [0.2, 0.25) is 0 Å². The largest absolute Gasteiger partial charge is 0.205 e. The van der Waals surface area contributed by atoms with Gasteiger partial charge in [0.15, 0.2) is 0 Å². The highest BCUT2D eigenvalue weighted by molar-refractivity contribution is 6.30. The summed E-state index contributed by atoms with van der Waals surface area (Å²) in [5.41, 5.74) is 2.82. The predicted molar refractivity (Wildman–Crippen MR) is 66.9 cm³/mol. The molecule has 0 aromatic heterocycles. The molecule has 0 atom stereocenters. The first-order valence-corrected chi connectivity index (χ1v) is 5.26. The Morgan fingerprint density at radius 1 is 1.00 bits per heavy atom. The lowest BCUT2D eigenvalue weighted by Crippen LogP contribution is -1.82. The number of hydrogen-bond donors (Lipinski definition) is 0. The van der Waals surface area contributed by atoms with Crippen molar-refractivity contribution >= 4 is 17.7 Å². The molecule has 0 amide bonds. The Labute approximate surface area is 99.0 Å². The molecule has 2 rings (SSSR count). The molecule has 0 nitrogen and oxygen atoms in total. The van der Waals surface area contributed by atoms with Crippen LogP contribution < -0.4 is 0 Å². The monoisotopic (exact) mass is 232 g/mol. The van der Waals surface area contributed by atoms with Gasteiger partial charge in [0.05, 0.1) is 5.02 Å². The van der Waals surface area contributed by atoms with E-state index in [9.17, 15) is 4.39 Å². The van der Waals surface area contributed by atoms with E-state index in [1.807, 2.05) is 24.3 Å². The highest BCUT2D eigenvalue weighted by Crippen LogP contribution is 2.24. The van der Waals surface area contributed by atoms with Crippen LogP contribution in [0.25, 0.3) is 17.2 Å². The van der Waals surface area contributed by atoms with Crippen LogP contribution in [0, 0.1) is 5.82 Å². The Hall–Kier alpha value is -1.60. The molecule has 0 heterocycles. The maximum atomic E-state index is 13.3. The molecule has 0 fully saturated rings. The summed E-state index contributed by atoms with van der Waals surface area (Å²) in [6.07, 6.45) is 1.77. The number of benzene rings is 2. The summed E-state index contributed by atoms with van der Waals surface area (Å²) >= 11 is 5.63. The molecule has 16 heavy (non-hydrogen) atoms. The fraction of sp³-hybridized carbons (Fsp3) is 0. The topological polar surface area (TPSA) is 0 Å². The Balaban J connectivity index is 2.42. The minimum atomic E-state index is -0.396. The van der Waals surface area contributed by atoms with Crippen LogP contribution in [0.4, 0.5) is 4.39 Å². The van der Waals surface area contributed by atoms with E-state index in [1.165, 1.54) is 6.07 Å². The van der Waals surface area contributed by atoms with E-state index in [0.717, 1.165) is 16.7 Å². The molecule has 0 unspecified atom stereocenters. The standard InChI is InChI=1S/C14H10ClF/c1-2-10-3-5-11(6-4-10)12-7-8-13(15)14(16)9-12/h2-9H,1H2. The Morgan fingerprint density at radius 2 is 1.62 bits per heavy atom. The van der Waals surface area contributed by atoms with E-state index in [0.29, 0.717) is 0 Å². The summed E-state index contributed by atoms with van der Waals surface area (Å²) in [6, 6.07) is 12.5. The smallest absolute Gasteiger partial charge is 0.142 e. The second-order valence-electron chi connectivity index (χ2n) is 3.46.